The van der Waals surface area contributed by atoms with E-state index in [1.165, 1.54) is 0 Å². The first-order chi connectivity index (χ1) is 13.0. The second-order valence-corrected chi connectivity index (χ2v) is 8.59. The molecule has 0 bridgehead atoms. The molecule has 0 aliphatic carbocycles. The van der Waals surface area contributed by atoms with Crippen LogP contribution in [-0.4, -0.2) is 36.3 Å². The van der Waals surface area contributed by atoms with Crippen LogP contribution >= 0.6 is 7.60 Å². The molecule has 7 heteroatoms. The highest BCUT2D eigenvalue weighted by molar-refractivity contribution is 7.54. The van der Waals surface area contributed by atoms with Crippen LogP contribution in [0.2, 0.25) is 0 Å². The fourth-order valence-corrected chi connectivity index (χ4v) is 5.51. The van der Waals surface area contributed by atoms with Crippen LogP contribution in [0.15, 0.2) is 72.8 Å². The molecule has 2 aliphatic rings. The fraction of sp³-hybridized carbons (Fsp3) is 0.250. The van der Waals surface area contributed by atoms with Crippen LogP contribution in [-0.2, 0) is 9.30 Å². The maximum atomic E-state index is 13.7. The van der Waals surface area contributed by atoms with Gasteiger partial charge in [0.05, 0.1) is 12.2 Å². The first-order valence-electron chi connectivity index (χ1n) is 8.73. The van der Waals surface area contributed by atoms with Crippen molar-refractivity contribution in [3.8, 4) is 11.5 Å². The van der Waals surface area contributed by atoms with Crippen LogP contribution in [0.25, 0.3) is 0 Å². The average Bonchev–Trinajstić information content (AvgIpc) is 3.16. The van der Waals surface area contributed by atoms with Gasteiger partial charge in [0.25, 0.3) is 0 Å². The number of fused-ring (bicyclic) bond motifs is 1. The van der Waals surface area contributed by atoms with E-state index in [2.05, 4.69) is 6.58 Å². The van der Waals surface area contributed by atoms with Crippen molar-refractivity contribution in [1.82, 2.24) is 4.90 Å². The van der Waals surface area contributed by atoms with Crippen molar-refractivity contribution in [2.45, 2.75) is 6.04 Å². The molecule has 0 saturated carbocycles. The molecule has 1 amide bonds. The van der Waals surface area contributed by atoms with Crippen LogP contribution in [0.3, 0.4) is 0 Å². The summed E-state index contributed by atoms with van der Waals surface area (Å²) in [6, 6.07) is 17.7. The molecule has 0 unspecified atom stereocenters. The number of benzene rings is 2. The second kappa shape index (κ2) is 7.12. The molecule has 0 spiro atoms. The van der Waals surface area contributed by atoms with E-state index in [0.717, 1.165) is 5.57 Å². The summed E-state index contributed by atoms with van der Waals surface area (Å²) in [5.74, 6) is 0.724. The Labute approximate surface area is 157 Å². The summed E-state index contributed by atoms with van der Waals surface area (Å²) in [5.41, 5.74) is 0.838. The third-order valence-electron chi connectivity index (χ3n) is 4.77. The first-order valence-corrected chi connectivity index (χ1v) is 10.5. The van der Waals surface area contributed by atoms with Crippen molar-refractivity contribution in [1.29, 1.82) is 0 Å². The number of rotatable bonds is 6. The lowest BCUT2D eigenvalue weighted by atomic mass is 10.0. The van der Waals surface area contributed by atoms with E-state index in [4.69, 9.17) is 13.8 Å². The standard InChI is InChI=1S/C20H20NO5P/c1-15-12-21-19(13-24-20(21)22)18(15)14-27(23,25-16-8-4-2-5-9-16)26-17-10-6-3-7-11-17/h2-11,18-19H,1,12-14H2/t18-,19+/m0/s1. The van der Waals surface area contributed by atoms with E-state index in [0.29, 0.717) is 18.0 Å². The van der Waals surface area contributed by atoms with Gasteiger partial charge in [0.2, 0.25) is 0 Å². The molecule has 2 aromatic rings. The molecule has 2 heterocycles. The van der Waals surface area contributed by atoms with E-state index < -0.39 is 7.60 Å². The van der Waals surface area contributed by atoms with Crippen LogP contribution in [0.1, 0.15) is 0 Å². The summed E-state index contributed by atoms with van der Waals surface area (Å²) < 4.78 is 30.5. The number of para-hydroxylation sites is 2. The predicted molar refractivity (Wildman–Crippen MR) is 101 cm³/mol. The third-order valence-corrected chi connectivity index (χ3v) is 6.59. The average molecular weight is 385 g/mol. The van der Waals surface area contributed by atoms with Gasteiger partial charge in [0, 0.05) is 12.5 Å². The Kier molecular flexibility index (Phi) is 4.66. The number of hydrogen-bond acceptors (Lipinski definition) is 5. The molecule has 2 saturated heterocycles. The topological polar surface area (TPSA) is 65.1 Å². The Balaban J connectivity index is 1.60. The molecule has 27 heavy (non-hydrogen) atoms. The Bertz CT molecular complexity index is 840. The quantitative estimate of drug-likeness (QED) is 0.547. The van der Waals surface area contributed by atoms with Gasteiger partial charge < -0.3 is 13.8 Å². The molecule has 0 aromatic heterocycles. The van der Waals surface area contributed by atoms with Crippen LogP contribution in [0.5, 0.6) is 11.5 Å². The fourth-order valence-electron chi connectivity index (χ4n) is 3.46. The van der Waals surface area contributed by atoms with Gasteiger partial charge in [-0.1, -0.05) is 48.6 Å². The minimum Gasteiger partial charge on any atom is -0.447 e. The Morgan fingerprint density at radius 3 is 2.15 bits per heavy atom. The van der Waals surface area contributed by atoms with E-state index in [1.807, 2.05) is 36.4 Å². The lowest BCUT2D eigenvalue weighted by Crippen LogP contribution is -2.32. The van der Waals surface area contributed by atoms with Gasteiger partial charge in [-0.3, -0.25) is 4.90 Å². The zero-order valence-electron chi connectivity index (χ0n) is 14.7. The normalized spacial score (nSPS) is 21.7. The molecule has 2 atom stereocenters. The van der Waals surface area contributed by atoms with Gasteiger partial charge in [-0.05, 0) is 24.3 Å². The number of amides is 1. The molecule has 2 fully saturated rings. The summed E-state index contributed by atoms with van der Waals surface area (Å²) in [6.07, 6.45) is -0.237. The number of hydrogen-bond donors (Lipinski definition) is 0. The van der Waals surface area contributed by atoms with E-state index in [1.54, 1.807) is 29.2 Å². The van der Waals surface area contributed by atoms with Crippen LogP contribution < -0.4 is 9.05 Å². The lowest BCUT2D eigenvalue weighted by Gasteiger charge is -2.25. The van der Waals surface area contributed by atoms with Gasteiger partial charge in [0.15, 0.2) is 0 Å². The molecule has 4 rings (SSSR count). The summed E-state index contributed by atoms with van der Waals surface area (Å²) >= 11 is 0. The maximum Gasteiger partial charge on any atom is 0.431 e. The number of ether oxygens (including phenoxy) is 1. The summed E-state index contributed by atoms with van der Waals surface area (Å²) in [5, 5.41) is 0. The van der Waals surface area contributed by atoms with Crippen molar-refractivity contribution in [2.75, 3.05) is 19.3 Å². The Hall–Kier alpha value is -2.72. The smallest absolute Gasteiger partial charge is 0.431 e. The van der Waals surface area contributed by atoms with Crippen molar-refractivity contribution < 1.29 is 23.1 Å². The number of cyclic esters (lactones) is 1. The molecule has 140 valence electrons. The van der Waals surface area contributed by atoms with Gasteiger partial charge >= 0.3 is 13.7 Å². The predicted octanol–water partition coefficient (Wildman–Crippen LogP) is 4.34. The SMILES string of the molecule is C=C1CN2C(=O)OC[C@@H]2[C@H]1CP(=O)(Oc1ccccc1)Oc1ccccc1. The molecule has 0 radical (unpaired) electrons. The number of carbonyl (C=O) groups excluding carboxylic acids is 1. The van der Waals surface area contributed by atoms with E-state index >= 15 is 0 Å². The molecule has 2 aliphatic heterocycles. The molecule has 2 aromatic carbocycles. The highest BCUT2D eigenvalue weighted by atomic mass is 31.2. The Morgan fingerprint density at radius 2 is 1.59 bits per heavy atom. The second-order valence-electron chi connectivity index (χ2n) is 6.64. The molecule has 0 N–H and O–H groups in total. The summed E-state index contributed by atoms with van der Waals surface area (Å²) in [6.45, 7) is 4.74. The first kappa shape index (κ1) is 17.7. The maximum absolute atomic E-state index is 13.7. The minimum atomic E-state index is -3.57. The van der Waals surface area contributed by atoms with Gasteiger partial charge in [-0.2, -0.15) is 0 Å². The zero-order valence-corrected chi connectivity index (χ0v) is 15.6. The largest absolute Gasteiger partial charge is 0.447 e. The van der Waals surface area contributed by atoms with Crippen molar-refractivity contribution in [3.63, 3.8) is 0 Å². The van der Waals surface area contributed by atoms with Crippen molar-refractivity contribution in [3.05, 3.63) is 72.8 Å². The summed E-state index contributed by atoms with van der Waals surface area (Å²) in [7, 11) is -3.57. The Morgan fingerprint density at radius 1 is 1.04 bits per heavy atom. The molecule has 6 nitrogen and oxygen atoms in total. The molecular weight excluding hydrogens is 365 g/mol. The third kappa shape index (κ3) is 3.71. The number of carbonyl (C=O) groups is 1. The van der Waals surface area contributed by atoms with Crippen molar-refractivity contribution >= 4 is 13.7 Å². The highest BCUT2D eigenvalue weighted by Crippen LogP contribution is 2.52. The van der Waals surface area contributed by atoms with Crippen molar-refractivity contribution in [2.24, 2.45) is 5.92 Å². The monoisotopic (exact) mass is 385 g/mol. The minimum absolute atomic E-state index is 0.118. The van der Waals surface area contributed by atoms with Gasteiger partial charge in [-0.25, -0.2) is 9.36 Å². The van der Waals surface area contributed by atoms with Crippen LogP contribution in [0, 0.1) is 5.92 Å². The highest BCUT2D eigenvalue weighted by Gasteiger charge is 2.49. The summed E-state index contributed by atoms with van der Waals surface area (Å²) in [4.78, 5) is 13.5. The van der Waals surface area contributed by atoms with E-state index in [9.17, 15) is 9.36 Å². The van der Waals surface area contributed by atoms with E-state index in [-0.39, 0.29) is 30.8 Å². The number of nitrogens with zero attached hydrogens (tertiary/aromatic N) is 1. The van der Waals surface area contributed by atoms with Crippen LogP contribution in [0.4, 0.5) is 4.79 Å². The van der Waals surface area contributed by atoms with Gasteiger partial charge in [0.1, 0.15) is 18.1 Å². The van der Waals surface area contributed by atoms with Gasteiger partial charge in [-0.15, -0.1) is 0 Å². The zero-order chi connectivity index (χ0) is 18.9. The molecular formula is C20H20NO5P. The lowest BCUT2D eigenvalue weighted by molar-refractivity contribution is 0.160.